The van der Waals surface area contributed by atoms with Crippen molar-refractivity contribution in [3.63, 3.8) is 0 Å². The van der Waals surface area contributed by atoms with Gasteiger partial charge in [0.2, 0.25) is 0 Å². The van der Waals surface area contributed by atoms with Crippen LogP contribution in [0.3, 0.4) is 0 Å². The zero-order valence-corrected chi connectivity index (χ0v) is 12.3. The highest BCUT2D eigenvalue weighted by Crippen LogP contribution is 2.18. The summed E-state index contributed by atoms with van der Waals surface area (Å²) in [6.07, 6.45) is 1.62. The fourth-order valence-corrected chi connectivity index (χ4v) is 2.03. The van der Waals surface area contributed by atoms with Crippen LogP contribution in [-0.2, 0) is 6.54 Å². The zero-order chi connectivity index (χ0) is 13.8. The molecule has 96 valence electrons. The van der Waals surface area contributed by atoms with Crippen LogP contribution in [0, 0.1) is 14.9 Å². The second-order valence-corrected chi connectivity index (χ2v) is 5.06. The topological polar surface area (TPSA) is 67.9 Å². The summed E-state index contributed by atoms with van der Waals surface area (Å²) in [5.41, 5.74) is 1.10. The molecular formula is C13H10IN3O2. The Kier molecular flexibility index (Phi) is 4.16. The van der Waals surface area contributed by atoms with E-state index in [1.54, 1.807) is 18.3 Å². The van der Waals surface area contributed by atoms with Gasteiger partial charge in [-0.05, 0) is 40.3 Å². The molecule has 0 fully saturated rings. The zero-order valence-electron chi connectivity index (χ0n) is 10.1. The fraction of sp³-hybridized carbons (Fsp3) is 0.154. The molecule has 0 amide bonds. The van der Waals surface area contributed by atoms with E-state index in [9.17, 15) is 4.79 Å². The van der Waals surface area contributed by atoms with Gasteiger partial charge in [0.25, 0.3) is 5.56 Å². The second-order valence-electron chi connectivity index (χ2n) is 3.82. The van der Waals surface area contributed by atoms with E-state index in [0.717, 1.165) is 9.13 Å². The largest absolute Gasteiger partial charge is 0.495 e. The third-order valence-corrected chi connectivity index (χ3v) is 3.14. The van der Waals surface area contributed by atoms with Crippen molar-refractivity contribution in [3.8, 4) is 11.8 Å². The first-order valence-corrected chi connectivity index (χ1v) is 6.51. The lowest BCUT2D eigenvalue weighted by Gasteiger charge is -2.07. The molecule has 2 aromatic rings. The molecule has 6 heteroatoms. The van der Waals surface area contributed by atoms with Crippen LogP contribution in [0.1, 0.15) is 11.1 Å². The van der Waals surface area contributed by atoms with Gasteiger partial charge in [-0.2, -0.15) is 10.4 Å². The van der Waals surface area contributed by atoms with E-state index in [0.29, 0.717) is 17.9 Å². The highest BCUT2D eigenvalue weighted by molar-refractivity contribution is 14.1. The molecule has 19 heavy (non-hydrogen) atoms. The molecule has 0 aliphatic heterocycles. The molecule has 0 aliphatic rings. The van der Waals surface area contributed by atoms with Gasteiger partial charge in [0.05, 0.1) is 25.4 Å². The van der Waals surface area contributed by atoms with Crippen LogP contribution in [0.25, 0.3) is 0 Å². The summed E-state index contributed by atoms with van der Waals surface area (Å²) < 4.78 is 7.22. The Hall–Kier alpha value is -1.88. The number of methoxy groups -OCH3 is 1. The van der Waals surface area contributed by atoms with Crippen molar-refractivity contribution in [1.82, 2.24) is 9.78 Å². The molecule has 2 rings (SSSR count). The number of nitriles is 1. The second kappa shape index (κ2) is 5.84. The summed E-state index contributed by atoms with van der Waals surface area (Å²) in [6, 6.07) is 8.80. The van der Waals surface area contributed by atoms with Gasteiger partial charge in [0.1, 0.15) is 11.8 Å². The van der Waals surface area contributed by atoms with Crippen LogP contribution in [0.15, 0.2) is 35.3 Å². The number of benzene rings is 1. The van der Waals surface area contributed by atoms with Crippen molar-refractivity contribution >= 4 is 22.6 Å². The molecular weight excluding hydrogens is 357 g/mol. The SMILES string of the molecule is COc1ccc(Cn2ncc(I)cc2=O)cc1C#N. The monoisotopic (exact) mass is 367 g/mol. The molecule has 1 aromatic carbocycles. The molecule has 0 bridgehead atoms. The number of hydrogen-bond acceptors (Lipinski definition) is 4. The van der Waals surface area contributed by atoms with E-state index in [1.807, 2.05) is 28.7 Å². The highest BCUT2D eigenvalue weighted by Gasteiger charge is 2.05. The summed E-state index contributed by atoms with van der Waals surface area (Å²) in [5, 5.41) is 13.1. The number of halogens is 1. The predicted octanol–water partition coefficient (Wildman–Crippen LogP) is 1.78. The molecule has 0 aliphatic carbocycles. The van der Waals surface area contributed by atoms with Crippen molar-refractivity contribution < 1.29 is 4.74 Å². The van der Waals surface area contributed by atoms with Crippen LogP contribution < -0.4 is 10.3 Å². The molecule has 1 heterocycles. The highest BCUT2D eigenvalue weighted by atomic mass is 127. The van der Waals surface area contributed by atoms with Crippen LogP contribution in [0.4, 0.5) is 0 Å². The van der Waals surface area contributed by atoms with Crippen LogP contribution in [0.5, 0.6) is 5.75 Å². The van der Waals surface area contributed by atoms with Crippen molar-refractivity contribution in [3.05, 3.63) is 55.5 Å². The normalized spacial score (nSPS) is 9.95. The van der Waals surface area contributed by atoms with Gasteiger partial charge >= 0.3 is 0 Å². The van der Waals surface area contributed by atoms with Crippen molar-refractivity contribution in [2.24, 2.45) is 0 Å². The summed E-state index contributed by atoms with van der Waals surface area (Å²) >= 11 is 2.04. The maximum Gasteiger partial charge on any atom is 0.268 e. The first-order chi connectivity index (χ1) is 9.13. The van der Waals surface area contributed by atoms with Gasteiger partial charge in [0.15, 0.2) is 0 Å². The fourth-order valence-electron chi connectivity index (χ4n) is 1.64. The minimum Gasteiger partial charge on any atom is -0.495 e. The molecule has 0 spiro atoms. The summed E-state index contributed by atoms with van der Waals surface area (Å²) in [7, 11) is 1.51. The standard InChI is InChI=1S/C13H10IN3O2/c1-19-12-3-2-9(4-10(12)6-15)8-17-13(18)5-11(14)7-16-17/h2-5,7H,8H2,1H3. The Morgan fingerprint density at radius 3 is 2.89 bits per heavy atom. The molecule has 5 nitrogen and oxygen atoms in total. The first kappa shape index (κ1) is 13.5. The molecule has 0 radical (unpaired) electrons. The van der Waals surface area contributed by atoms with Crippen molar-refractivity contribution in [2.75, 3.05) is 7.11 Å². The molecule has 0 unspecified atom stereocenters. The maximum atomic E-state index is 11.7. The molecule has 0 saturated heterocycles. The van der Waals surface area contributed by atoms with Crippen molar-refractivity contribution in [1.29, 1.82) is 5.26 Å². The van der Waals surface area contributed by atoms with E-state index in [-0.39, 0.29) is 5.56 Å². The van der Waals surface area contributed by atoms with E-state index < -0.39 is 0 Å². The van der Waals surface area contributed by atoms with Crippen molar-refractivity contribution in [2.45, 2.75) is 6.54 Å². The summed E-state index contributed by atoms with van der Waals surface area (Å²) in [6.45, 7) is 0.328. The average molecular weight is 367 g/mol. The number of nitrogens with zero attached hydrogens (tertiary/aromatic N) is 3. The minimum absolute atomic E-state index is 0.166. The lowest BCUT2D eigenvalue weighted by atomic mass is 10.1. The van der Waals surface area contributed by atoms with Gasteiger partial charge in [-0.25, -0.2) is 4.68 Å². The number of hydrogen-bond donors (Lipinski definition) is 0. The summed E-state index contributed by atoms with van der Waals surface area (Å²) in [4.78, 5) is 11.7. The summed E-state index contributed by atoms with van der Waals surface area (Å²) in [5.74, 6) is 0.522. The van der Waals surface area contributed by atoms with Crippen LogP contribution in [-0.4, -0.2) is 16.9 Å². The third-order valence-electron chi connectivity index (χ3n) is 2.55. The number of rotatable bonds is 3. The van der Waals surface area contributed by atoms with Gasteiger partial charge in [-0.15, -0.1) is 0 Å². The lowest BCUT2D eigenvalue weighted by molar-refractivity contribution is 0.413. The Morgan fingerprint density at radius 1 is 1.47 bits per heavy atom. The Balaban J connectivity index is 2.34. The maximum absolute atomic E-state index is 11.7. The smallest absolute Gasteiger partial charge is 0.268 e. The predicted molar refractivity (Wildman–Crippen MR) is 78.0 cm³/mol. The van der Waals surface area contributed by atoms with E-state index in [1.165, 1.54) is 17.9 Å². The number of aromatic nitrogens is 2. The molecule has 0 N–H and O–H groups in total. The van der Waals surface area contributed by atoms with Crippen LogP contribution >= 0.6 is 22.6 Å². The minimum atomic E-state index is -0.166. The molecule has 0 atom stereocenters. The van der Waals surface area contributed by atoms with E-state index >= 15 is 0 Å². The first-order valence-electron chi connectivity index (χ1n) is 5.43. The van der Waals surface area contributed by atoms with Gasteiger partial charge < -0.3 is 4.74 Å². The van der Waals surface area contributed by atoms with E-state index in [2.05, 4.69) is 11.2 Å². The molecule has 0 saturated carbocycles. The van der Waals surface area contributed by atoms with E-state index in [4.69, 9.17) is 10.00 Å². The quantitative estimate of drug-likeness (QED) is 0.776. The lowest BCUT2D eigenvalue weighted by Crippen LogP contribution is -2.22. The van der Waals surface area contributed by atoms with Crippen LogP contribution in [0.2, 0.25) is 0 Å². The van der Waals surface area contributed by atoms with Gasteiger partial charge in [-0.3, -0.25) is 4.79 Å². The average Bonchev–Trinajstić information content (AvgIpc) is 2.41. The van der Waals surface area contributed by atoms with Gasteiger partial charge in [-0.1, -0.05) is 6.07 Å². The third kappa shape index (κ3) is 3.12. The number of ether oxygens (including phenoxy) is 1. The molecule has 1 aromatic heterocycles. The van der Waals surface area contributed by atoms with Gasteiger partial charge in [0, 0.05) is 9.64 Å². The Morgan fingerprint density at radius 2 is 2.26 bits per heavy atom. The Bertz CT molecular complexity index is 704. The Labute approximate surface area is 123 Å².